The lowest BCUT2D eigenvalue weighted by Crippen LogP contribution is -2.21. The third-order valence-electron chi connectivity index (χ3n) is 4.06. The van der Waals surface area contributed by atoms with E-state index in [4.69, 9.17) is 14.6 Å². The first-order valence-corrected chi connectivity index (χ1v) is 9.53. The van der Waals surface area contributed by atoms with Crippen molar-refractivity contribution < 1.29 is 23.7 Å². The summed E-state index contributed by atoms with van der Waals surface area (Å²) in [6.45, 7) is 3.80. The van der Waals surface area contributed by atoms with Gasteiger partial charge in [0.05, 0.1) is 17.1 Å². The molecule has 0 aliphatic rings. The van der Waals surface area contributed by atoms with E-state index in [1.807, 2.05) is 6.92 Å². The zero-order chi connectivity index (χ0) is 21.1. The summed E-state index contributed by atoms with van der Waals surface area (Å²) < 4.78 is 10.4. The largest absolute Gasteiger partial charge is 0.462 e. The molecule has 0 unspecified atom stereocenters. The summed E-state index contributed by atoms with van der Waals surface area (Å²) in [5.74, 6) is -1.22. The van der Waals surface area contributed by atoms with Gasteiger partial charge in [0.2, 0.25) is 5.55 Å². The number of nitrogens with zero attached hydrogens (tertiary/aromatic N) is 1. The van der Waals surface area contributed by atoms with Crippen LogP contribution in [-0.2, 0) is 11.2 Å². The van der Waals surface area contributed by atoms with Crippen molar-refractivity contribution in [3.05, 3.63) is 62.0 Å². The fraction of sp³-hybridized carbons (Fsp3) is 0.211. The number of hydrogen-bond acceptors (Lipinski definition) is 8. The van der Waals surface area contributed by atoms with Crippen LogP contribution in [0.2, 0.25) is 0 Å². The highest BCUT2D eigenvalue weighted by Crippen LogP contribution is 2.30. The second-order valence-electron chi connectivity index (χ2n) is 5.95. The smallest absolute Gasteiger partial charge is 0.341 e. The first-order chi connectivity index (χ1) is 13.8. The van der Waals surface area contributed by atoms with Gasteiger partial charge in [-0.1, -0.05) is 6.92 Å². The minimum absolute atomic E-state index is 0.112. The molecule has 10 heteroatoms. The molecular formula is C19H17N3O6S. The standard InChI is InChI=1S/C19H17N3O6S/c1-3-12-9-14(19(24)27-4-2)18(29-12)21-17(23)13-8-10-7-11(22(25)26)5-6-15(10)28-16(13)20/h5-9,20H,3-4H2,1-2H3,(H,21,23). The van der Waals surface area contributed by atoms with Gasteiger partial charge < -0.3 is 14.5 Å². The molecule has 0 atom stereocenters. The fourth-order valence-electron chi connectivity index (χ4n) is 2.65. The highest BCUT2D eigenvalue weighted by atomic mass is 32.1. The van der Waals surface area contributed by atoms with E-state index in [2.05, 4.69) is 5.32 Å². The molecule has 29 heavy (non-hydrogen) atoms. The predicted octanol–water partition coefficient (Wildman–Crippen LogP) is 3.87. The number of nitro groups is 1. The van der Waals surface area contributed by atoms with Crippen molar-refractivity contribution in [1.29, 1.82) is 5.41 Å². The number of carbonyl (C=O) groups excluding carboxylic acids is 2. The number of nitrogens with one attached hydrogen (secondary N) is 2. The number of ether oxygens (including phenoxy) is 1. The van der Waals surface area contributed by atoms with Crippen LogP contribution < -0.4 is 10.9 Å². The van der Waals surface area contributed by atoms with E-state index in [1.165, 1.54) is 35.6 Å². The average molecular weight is 415 g/mol. The Kier molecular flexibility index (Phi) is 5.74. The Hall–Kier alpha value is -3.53. The van der Waals surface area contributed by atoms with Crippen molar-refractivity contribution in [1.82, 2.24) is 0 Å². The molecular weight excluding hydrogens is 398 g/mol. The zero-order valence-electron chi connectivity index (χ0n) is 15.6. The molecule has 9 nitrogen and oxygen atoms in total. The number of esters is 1. The van der Waals surface area contributed by atoms with Crippen molar-refractivity contribution in [3.63, 3.8) is 0 Å². The van der Waals surface area contributed by atoms with Crippen LogP contribution >= 0.6 is 11.3 Å². The Morgan fingerprint density at radius 1 is 1.24 bits per heavy atom. The van der Waals surface area contributed by atoms with E-state index >= 15 is 0 Å². The molecule has 0 fully saturated rings. The Morgan fingerprint density at radius 3 is 2.66 bits per heavy atom. The Bertz CT molecular complexity index is 1180. The highest BCUT2D eigenvalue weighted by Gasteiger charge is 2.21. The van der Waals surface area contributed by atoms with E-state index in [9.17, 15) is 19.7 Å². The summed E-state index contributed by atoms with van der Waals surface area (Å²) in [6.07, 6.45) is 0.672. The van der Waals surface area contributed by atoms with Gasteiger partial charge in [-0.15, -0.1) is 11.3 Å². The number of thiophene rings is 1. The van der Waals surface area contributed by atoms with Crippen LogP contribution in [0.5, 0.6) is 0 Å². The van der Waals surface area contributed by atoms with Gasteiger partial charge in [-0.05, 0) is 31.5 Å². The molecule has 1 amide bonds. The molecule has 0 bridgehead atoms. The van der Waals surface area contributed by atoms with E-state index in [1.54, 1.807) is 13.0 Å². The highest BCUT2D eigenvalue weighted by molar-refractivity contribution is 7.16. The Labute approximate surface area is 168 Å². The molecule has 3 aromatic rings. The lowest BCUT2D eigenvalue weighted by molar-refractivity contribution is -0.384. The SMILES string of the molecule is CCOC(=O)c1cc(CC)sc1NC(=O)c1cc2cc([N+](=O)[O-])ccc2oc1=N. The number of hydrogen-bond donors (Lipinski definition) is 2. The summed E-state index contributed by atoms with van der Waals surface area (Å²) in [5.41, 5.74) is -0.184. The second kappa shape index (κ2) is 8.23. The van der Waals surface area contributed by atoms with Gasteiger partial charge in [0.25, 0.3) is 11.6 Å². The summed E-state index contributed by atoms with van der Waals surface area (Å²) >= 11 is 1.24. The molecule has 2 aromatic heterocycles. The van der Waals surface area contributed by atoms with Gasteiger partial charge >= 0.3 is 5.97 Å². The van der Waals surface area contributed by atoms with Gasteiger partial charge in [0.15, 0.2) is 0 Å². The van der Waals surface area contributed by atoms with Gasteiger partial charge in [-0.2, -0.15) is 0 Å². The molecule has 0 aliphatic heterocycles. The van der Waals surface area contributed by atoms with Crippen molar-refractivity contribution >= 4 is 44.9 Å². The summed E-state index contributed by atoms with van der Waals surface area (Å²) in [5, 5.41) is 22.2. The molecule has 0 radical (unpaired) electrons. The number of anilines is 1. The predicted molar refractivity (Wildman–Crippen MR) is 106 cm³/mol. The summed E-state index contributed by atoms with van der Waals surface area (Å²) in [4.78, 5) is 36.2. The number of amides is 1. The van der Waals surface area contributed by atoms with Crippen molar-refractivity contribution in [2.45, 2.75) is 20.3 Å². The van der Waals surface area contributed by atoms with Crippen molar-refractivity contribution in [3.8, 4) is 0 Å². The van der Waals surface area contributed by atoms with E-state index in [0.29, 0.717) is 16.8 Å². The van der Waals surface area contributed by atoms with Crippen LogP contribution in [0.25, 0.3) is 11.0 Å². The van der Waals surface area contributed by atoms with Gasteiger partial charge in [0.1, 0.15) is 16.1 Å². The van der Waals surface area contributed by atoms with Gasteiger partial charge in [0, 0.05) is 22.4 Å². The third-order valence-corrected chi connectivity index (χ3v) is 5.25. The summed E-state index contributed by atoms with van der Waals surface area (Å²) in [6, 6.07) is 6.91. The molecule has 1 aromatic carbocycles. The van der Waals surface area contributed by atoms with Gasteiger partial charge in [-0.25, -0.2) is 4.79 Å². The number of aryl methyl sites for hydroxylation is 1. The minimum atomic E-state index is -0.665. The maximum absolute atomic E-state index is 12.8. The molecule has 0 spiro atoms. The number of benzene rings is 1. The van der Waals surface area contributed by atoms with Crippen LogP contribution in [0.4, 0.5) is 10.7 Å². The topological polar surface area (TPSA) is 136 Å². The number of non-ortho nitro benzene ring substituents is 1. The van der Waals surface area contributed by atoms with Crippen molar-refractivity contribution in [2.75, 3.05) is 11.9 Å². The lowest BCUT2D eigenvalue weighted by atomic mass is 10.1. The van der Waals surface area contributed by atoms with Crippen LogP contribution in [-0.4, -0.2) is 23.4 Å². The number of rotatable bonds is 6. The Balaban J connectivity index is 1.99. The average Bonchev–Trinajstić information content (AvgIpc) is 3.10. The monoisotopic (exact) mass is 415 g/mol. The molecule has 150 valence electrons. The minimum Gasteiger partial charge on any atom is -0.462 e. The second-order valence-corrected chi connectivity index (χ2v) is 7.09. The summed E-state index contributed by atoms with van der Waals surface area (Å²) in [7, 11) is 0. The molecule has 0 aliphatic carbocycles. The third kappa shape index (κ3) is 4.16. The Morgan fingerprint density at radius 2 is 2.00 bits per heavy atom. The normalized spacial score (nSPS) is 10.7. The van der Waals surface area contributed by atoms with Gasteiger partial charge in [-0.3, -0.25) is 20.3 Å². The molecule has 2 N–H and O–H groups in total. The van der Waals surface area contributed by atoms with E-state index < -0.39 is 22.4 Å². The number of carbonyl (C=O) groups is 2. The maximum atomic E-state index is 12.8. The lowest BCUT2D eigenvalue weighted by Gasteiger charge is -2.07. The van der Waals surface area contributed by atoms with Crippen molar-refractivity contribution in [2.24, 2.45) is 0 Å². The van der Waals surface area contributed by atoms with Crippen LogP contribution in [0.3, 0.4) is 0 Å². The van der Waals surface area contributed by atoms with Crippen LogP contribution in [0.1, 0.15) is 39.4 Å². The quantitative estimate of drug-likeness (QED) is 0.356. The first-order valence-electron chi connectivity index (χ1n) is 8.72. The molecule has 0 saturated carbocycles. The maximum Gasteiger partial charge on any atom is 0.341 e. The van der Waals surface area contributed by atoms with Crippen LogP contribution in [0.15, 0.2) is 34.7 Å². The van der Waals surface area contributed by atoms with E-state index in [-0.39, 0.29) is 29.0 Å². The molecule has 0 saturated heterocycles. The number of fused-ring (bicyclic) bond motifs is 1. The first kappa shape index (κ1) is 20.2. The van der Waals surface area contributed by atoms with Crippen LogP contribution in [0, 0.1) is 15.5 Å². The van der Waals surface area contributed by atoms with E-state index in [0.717, 1.165) is 4.88 Å². The number of nitro benzene ring substituents is 1. The molecule has 2 heterocycles. The zero-order valence-corrected chi connectivity index (χ0v) is 16.4. The fourth-order valence-corrected chi connectivity index (χ4v) is 3.63. The molecule has 3 rings (SSSR count).